The molecule has 0 radical (unpaired) electrons. The van der Waals surface area contributed by atoms with E-state index in [-0.39, 0.29) is 28.9 Å². The third kappa shape index (κ3) is 6.21. The minimum atomic E-state index is -1.17. The Labute approximate surface area is 215 Å². The van der Waals surface area contributed by atoms with Crippen LogP contribution in [0.5, 0.6) is 5.75 Å². The molecule has 4 rings (SSSR count). The molecule has 4 aromatic rings. The van der Waals surface area contributed by atoms with E-state index in [2.05, 4.69) is 15.6 Å². The number of anilines is 2. The van der Waals surface area contributed by atoms with Gasteiger partial charge in [0.2, 0.25) is 5.91 Å². The monoisotopic (exact) mass is 521 g/mol. The molecular weight excluding hydrogens is 498 g/mol. The summed E-state index contributed by atoms with van der Waals surface area (Å²) in [7, 11) is 0. The van der Waals surface area contributed by atoms with Gasteiger partial charge < -0.3 is 20.5 Å². The van der Waals surface area contributed by atoms with Crippen LogP contribution < -0.4 is 15.4 Å². The Hall–Kier alpha value is -3.89. The average molecular weight is 522 g/mol. The number of amides is 2. The first-order chi connectivity index (χ1) is 17.3. The van der Waals surface area contributed by atoms with Crippen molar-refractivity contribution in [2.75, 3.05) is 16.4 Å². The Morgan fingerprint density at radius 2 is 1.72 bits per heavy atom. The van der Waals surface area contributed by atoms with Crippen molar-refractivity contribution in [1.29, 1.82) is 0 Å². The largest absolute Gasteiger partial charge is 0.489 e. The number of hydrogen-bond acceptors (Lipinski definition) is 7. The van der Waals surface area contributed by atoms with Gasteiger partial charge >= 0.3 is 5.97 Å². The number of nitrogens with zero attached hydrogens (tertiary/aromatic N) is 1. The van der Waals surface area contributed by atoms with Crippen molar-refractivity contribution in [3.8, 4) is 5.75 Å². The van der Waals surface area contributed by atoms with Gasteiger partial charge in [0, 0.05) is 5.69 Å². The summed E-state index contributed by atoms with van der Waals surface area (Å²) < 4.78 is 7.29. The topological polar surface area (TPSA) is 118 Å². The van der Waals surface area contributed by atoms with Gasteiger partial charge in [0.15, 0.2) is 4.34 Å². The lowest BCUT2D eigenvalue weighted by Crippen LogP contribution is -2.16. The summed E-state index contributed by atoms with van der Waals surface area (Å²) in [5, 5.41) is 14.9. The first kappa shape index (κ1) is 25.2. The number of hydrogen-bond donors (Lipinski definition) is 3. The standard InChI is InChI=1S/C26H23N3O5S2/c1-15(2)34-21-10-6-5-9-19(21)28-23(30)14-35-26-29-20-12-11-16(13-22(20)36-26)27-24(31)17-7-3-4-8-18(17)25(32)33/h3-13,15H,14H2,1-2H3,(H,27,31)(H,28,30)(H,32,33). The number of fused-ring (bicyclic) bond motifs is 1. The molecule has 0 atom stereocenters. The van der Waals surface area contributed by atoms with Crippen LogP contribution in [-0.2, 0) is 4.79 Å². The molecule has 1 heterocycles. The molecule has 0 saturated carbocycles. The number of ether oxygens (including phenoxy) is 1. The van der Waals surface area contributed by atoms with Crippen molar-refractivity contribution in [2.45, 2.75) is 24.3 Å². The Morgan fingerprint density at radius 3 is 2.47 bits per heavy atom. The lowest BCUT2D eigenvalue weighted by atomic mass is 10.1. The van der Waals surface area contributed by atoms with Gasteiger partial charge in [-0.15, -0.1) is 11.3 Å². The Bertz CT molecular complexity index is 1430. The van der Waals surface area contributed by atoms with Gasteiger partial charge in [-0.05, 0) is 56.3 Å². The lowest BCUT2D eigenvalue weighted by molar-refractivity contribution is -0.113. The summed E-state index contributed by atoms with van der Waals surface area (Å²) in [6.07, 6.45) is -0.0123. The number of thioether (sulfide) groups is 1. The van der Waals surface area contributed by atoms with E-state index in [9.17, 15) is 19.5 Å². The molecule has 0 aliphatic rings. The number of carboxylic acids is 1. The van der Waals surface area contributed by atoms with E-state index >= 15 is 0 Å². The maximum Gasteiger partial charge on any atom is 0.336 e. The summed E-state index contributed by atoms with van der Waals surface area (Å²) in [6.45, 7) is 3.85. The number of carbonyl (C=O) groups is 3. The number of benzene rings is 3. The van der Waals surface area contributed by atoms with E-state index in [0.29, 0.717) is 21.5 Å². The molecule has 1 aromatic heterocycles. The quantitative estimate of drug-likeness (QED) is 0.240. The van der Waals surface area contributed by atoms with E-state index in [4.69, 9.17) is 4.74 Å². The summed E-state index contributed by atoms with van der Waals surface area (Å²) in [6, 6.07) is 18.6. The highest BCUT2D eigenvalue weighted by Gasteiger charge is 2.17. The Kier molecular flexibility index (Phi) is 7.87. The molecular formula is C26H23N3O5S2. The molecule has 2 amide bonds. The Balaban J connectivity index is 1.40. The number of rotatable bonds is 9. The number of para-hydroxylation sites is 2. The molecule has 3 aromatic carbocycles. The van der Waals surface area contributed by atoms with Crippen molar-refractivity contribution >= 4 is 62.5 Å². The molecule has 3 N–H and O–H groups in total. The van der Waals surface area contributed by atoms with Crippen molar-refractivity contribution in [3.05, 3.63) is 77.9 Å². The first-order valence-electron chi connectivity index (χ1n) is 11.0. The maximum absolute atomic E-state index is 12.6. The van der Waals surface area contributed by atoms with Crippen molar-refractivity contribution in [2.24, 2.45) is 0 Å². The van der Waals surface area contributed by atoms with E-state index in [1.165, 1.54) is 35.2 Å². The van der Waals surface area contributed by atoms with Gasteiger partial charge in [0.1, 0.15) is 5.75 Å². The maximum atomic E-state index is 12.6. The van der Waals surface area contributed by atoms with Crippen LogP contribution in [0.25, 0.3) is 10.2 Å². The van der Waals surface area contributed by atoms with Crippen molar-refractivity contribution in [3.63, 3.8) is 0 Å². The number of thiazole rings is 1. The Morgan fingerprint density at radius 1 is 1.00 bits per heavy atom. The van der Waals surface area contributed by atoms with Crippen LogP contribution in [0.2, 0.25) is 0 Å². The van der Waals surface area contributed by atoms with Gasteiger partial charge in [-0.1, -0.05) is 36.0 Å². The summed E-state index contributed by atoms with van der Waals surface area (Å²) in [5.41, 5.74) is 1.89. The predicted octanol–water partition coefficient (Wildman–Crippen LogP) is 5.76. The SMILES string of the molecule is CC(C)Oc1ccccc1NC(=O)CSc1nc2ccc(NC(=O)c3ccccc3C(=O)O)cc2s1. The second-order valence-electron chi connectivity index (χ2n) is 7.97. The van der Waals surface area contributed by atoms with Crippen LogP contribution in [0.3, 0.4) is 0 Å². The van der Waals surface area contributed by atoms with Crippen molar-refractivity contribution < 1.29 is 24.2 Å². The minimum absolute atomic E-state index is 0.0123. The summed E-state index contributed by atoms with van der Waals surface area (Å²) >= 11 is 2.72. The van der Waals surface area contributed by atoms with E-state index in [0.717, 1.165) is 10.2 Å². The van der Waals surface area contributed by atoms with Crippen LogP contribution in [0.4, 0.5) is 11.4 Å². The fraction of sp³-hybridized carbons (Fsp3) is 0.154. The molecule has 0 aliphatic carbocycles. The second kappa shape index (κ2) is 11.2. The predicted molar refractivity (Wildman–Crippen MR) is 143 cm³/mol. The van der Waals surface area contributed by atoms with Gasteiger partial charge in [-0.2, -0.15) is 0 Å². The zero-order chi connectivity index (χ0) is 25.7. The fourth-order valence-corrected chi connectivity index (χ4v) is 5.26. The molecule has 0 spiro atoms. The molecule has 0 saturated heterocycles. The molecule has 0 fully saturated rings. The minimum Gasteiger partial charge on any atom is -0.489 e. The van der Waals surface area contributed by atoms with Crippen molar-refractivity contribution in [1.82, 2.24) is 4.98 Å². The molecule has 0 unspecified atom stereocenters. The highest BCUT2D eigenvalue weighted by Crippen LogP contribution is 2.32. The molecule has 0 aliphatic heterocycles. The van der Waals surface area contributed by atoms with Gasteiger partial charge in [0.05, 0.1) is 38.9 Å². The normalized spacial score (nSPS) is 10.9. The third-order valence-corrected chi connectivity index (χ3v) is 7.04. The number of aromatic carboxylic acids is 1. The number of carboxylic acid groups (broad SMARTS) is 1. The third-order valence-electron chi connectivity index (χ3n) is 4.88. The average Bonchev–Trinajstić information content (AvgIpc) is 3.26. The van der Waals surface area contributed by atoms with Crippen LogP contribution in [-0.4, -0.2) is 39.7 Å². The van der Waals surface area contributed by atoms with Gasteiger partial charge in [0.25, 0.3) is 5.91 Å². The molecule has 0 bridgehead atoms. The fourth-order valence-electron chi connectivity index (χ4n) is 3.35. The number of aromatic nitrogens is 1. The number of nitrogens with one attached hydrogen (secondary N) is 2. The molecule has 10 heteroatoms. The van der Waals surface area contributed by atoms with Crippen LogP contribution in [0.15, 0.2) is 71.1 Å². The summed E-state index contributed by atoms with van der Waals surface area (Å²) in [5.74, 6) is -1.06. The zero-order valence-electron chi connectivity index (χ0n) is 19.5. The zero-order valence-corrected chi connectivity index (χ0v) is 21.1. The van der Waals surface area contributed by atoms with Gasteiger partial charge in [-0.3, -0.25) is 9.59 Å². The second-order valence-corrected chi connectivity index (χ2v) is 10.2. The van der Waals surface area contributed by atoms with E-state index in [1.807, 2.05) is 32.0 Å². The van der Waals surface area contributed by atoms with Crippen LogP contribution in [0.1, 0.15) is 34.6 Å². The molecule has 184 valence electrons. The van der Waals surface area contributed by atoms with E-state index in [1.54, 1.807) is 36.4 Å². The highest BCUT2D eigenvalue weighted by molar-refractivity contribution is 8.01. The number of carbonyl (C=O) groups excluding carboxylic acids is 2. The van der Waals surface area contributed by atoms with E-state index < -0.39 is 11.9 Å². The molecule has 8 nitrogen and oxygen atoms in total. The smallest absolute Gasteiger partial charge is 0.336 e. The van der Waals surface area contributed by atoms with Crippen LogP contribution >= 0.6 is 23.1 Å². The highest BCUT2D eigenvalue weighted by atomic mass is 32.2. The lowest BCUT2D eigenvalue weighted by Gasteiger charge is -2.14. The van der Waals surface area contributed by atoms with Gasteiger partial charge in [-0.25, -0.2) is 9.78 Å². The summed E-state index contributed by atoms with van der Waals surface area (Å²) in [4.78, 5) is 41.1. The first-order valence-corrected chi connectivity index (χ1v) is 12.8. The van der Waals surface area contributed by atoms with Crippen LogP contribution in [0, 0.1) is 0 Å². The molecule has 36 heavy (non-hydrogen) atoms.